The van der Waals surface area contributed by atoms with Crippen molar-refractivity contribution in [3.63, 3.8) is 0 Å². The van der Waals surface area contributed by atoms with Gasteiger partial charge in [0.15, 0.2) is 0 Å². The lowest BCUT2D eigenvalue weighted by atomic mass is 9.92. The average Bonchev–Trinajstić information content (AvgIpc) is 2.28. The van der Waals surface area contributed by atoms with Gasteiger partial charge in [0.2, 0.25) is 5.91 Å². The van der Waals surface area contributed by atoms with Crippen LogP contribution in [-0.2, 0) is 11.3 Å². The zero-order valence-electron chi connectivity index (χ0n) is 11.7. The molecule has 1 amide bonds. The first-order valence-corrected chi connectivity index (χ1v) is 6.10. The molecule has 0 aromatic heterocycles. The van der Waals surface area contributed by atoms with E-state index in [1.54, 1.807) is 0 Å². The number of nitrogens with one attached hydrogen (secondary N) is 1. The number of anilines is 1. The molecule has 1 rings (SSSR count). The van der Waals surface area contributed by atoms with Gasteiger partial charge in [0.1, 0.15) is 0 Å². The van der Waals surface area contributed by atoms with Crippen molar-refractivity contribution in [2.24, 2.45) is 11.1 Å². The molecular weight excluding hydrogens is 226 g/mol. The zero-order valence-corrected chi connectivity index (χ0v) is 11.7. The first kappa shape index (κ1) is 14.7. The molecule has 0 spiro atoms. The SMILES string of the molecule is CN(C)Cc1cccc(NC(=O)C(C)(C)CN)c1. The van der Waals surface area contributed by atoms with Gasteiger partial charge in [-0.25, -0.2) is 0 Å². The van der Waals surface area contributed by atoms with Crippen molar-refractivity contribution < 1.29 is 4.79 Å². The summed E-state index contributed by atoms with van der Waals surface area (Å²) in [6, 6.07) is 7.88. The van der Waals surface area contributed by atoms with Crippen molar-refractivity contribution in [1.82, 2.24) is 4.90 Å². The second kappa shape index (κ2) is 5.98. The summed E-state index contributed by atoms with van der Waals surface area (Å²) >= 11 is 0. The third-order valence-electron chi connectivity index (χ3n) is 2.81. The quantitative estimate of drug-likeness (QED) is 0.834. The van der Waals surface area contributed by atoms with Gasteiger partial charge >= 0.3 is 0 Å². The first-order chi connectivity index (χ1) is 8.35. The van der Waals surface area contributed by atoms with Gasteiger partial charge < -0.3 is 16.0 Å². The predicted octanol–water partition coefficient (Wildman–Crippen LogP) is 1.67. The van der Waals surface area contributed by atoms with Crippen LogP contribution in [0.5, 0.6) is 0 Å². The fourth-order valence-corrected chi connectivity index (χ4v) is 1.51. The van der Waals surface area contributed by atoms with Crippen molar-refractivity contribution in [2.45, 2.75) is 20.4 Å². The number of nitrogens with two attached hydrogens (primary N) is 1. The van der Waals surface area contributed by atoms with Crippen molar-refractivity contribution in [2.75, 3.05) is 26.0 Å². The maximum Gasteiger partial charge on any atom is 0.231 e. The Balaban J connectivity index is 2.76. The third kappa shape index (κ3) is 4.13. The van der Waals surface area contributed by atoms with Crippen LogP contribution in [0, 0.1) is 5.41 Å². The maximum absolute atomic E-state index is 12.0. The fraction of sp³-hybridized carbons (Fsp3) is 0.500. The molecule has 0 fully saturated rings. The molecule has 0 atom stereocenters. The van der Waals surface area contributed by atoms with Crippen LogP contribution in [0.4, 0.5) is 5.69 Å². The van der Waals surface area contributed by atoms with Gasteiger partial charge in [-0.15, -0.1) is 0 Å². The summed E-state index contributed by atoms with van der Waals surface area (Å²) in [5.74, 6) is -0.0491. The summed E-state index contributed by atoms with van der Waals surface area (Å²) in [5, 5.41) is 2.91. The molecule has 3 N–H and O–H groups in total. The molecule has 100 valence electrons. The van der Waals surface area contributed by atoms with E-state index in [2.05, 4.69) is 10.2 Å². The smallest absolute Gasteiger partial charge is 0.231 e. The summed E-state index contributed by atoms with van der Waals surface area (Å²) in [6.45, 7) is 4.86. The lowest BCUT2D eigenvalue weighted by molar-refractivity contribution is -0.123. The molecule has 0 unspecified atom stereocenters. The maximum atomic E-state index is 12.0. The number of hydrogen-bond acceptors (Lipinski definition) is 3. The molecule has 1 aromatic carbocycles. The minimum atomic E-state index is -0.544. The lowest BCUT2D eigenvalue weighted by Gasteiger charge is -2.21. The normalized spacial score (nSPS) is 11.7. The van der Waals surface area contributed by atoms with E-state index in [9.17, 15) is 4.79 Å². The fourth-order valence-electron chi connectivity index (χ4n) is 1.51. The summed E-state index contributed by atoms with van der Waals surface area (Å²) in [7, 11) is 4.03. The average molecular weight is 249 g/mol. The molecule has 0 saturated heterocycles. The van der Waals surface area contributed by atoms with Crippen molar-refractivity contribution >= 4 is 11.6 Å². The van der Waals surface area contributed by atoms with Gasteiger partial charge in [-0.05, 0) is 45.6 Å². The Bertz CT molecular complexity index is 413. The summed E-state index contributed by atoms with van der Waals surface area (Å²) < 4.78 is 0. The molecule has 0 saturated carbocycles. The minimum absolute atomic E-state index is 0.0491. The van der Waals surface area contributed by atoms with Crippen LogP contribution < -0.4 is 11.1 Å². The number of amides is 1. The number of benzene rings is 1. The lowest BCUT2D eigenvalue weighted by Crippen LogP contribution is -2.37. The van der Waals surface area contributed by atoms with E-state index >= 15 is 0 Å². The third-order valence-corrected chi connectivity index (χ3v) is 2.81. The Morgan fingerprint density at radius 1 is 1.39 bits per heavy atom. The highest BCUT2D eigenvalue weighted by molar-refractivity contribution is 5.95. The largest absolute Gasteiger partial charge is 0.329 e. The monoisotopic (exact) mass is 249 g/mol. The number of carbonyl (C=O) groups excluding carboxylic acids is 1. The molecule has 0 aliphatic carbocycles. The van der Waals surface area contributed by atoms with E-state index in [0.29, 0.717) is 6.54 Å². The molecule has 18 heavy (non-hydrogen) atoms. The van der Waals surface area contributed by atoms with Crippen LogP contribution in [0.25, 0.3) is 0 Å². The minimum Gasteiger partial charge on any atom is -0.329 e. The highest BCUT2D eigenvalue weighted by Crippen LogP contribution is 2.18. The van der Waals surface area contributed by atoms with Crippen LogP contribution in [0.1, 0.15) is 19.4 Å². The van der Waals surface area contributed by atoms with Gasteiger partial charge in [0.25, 0.3) is 0 Å². The van der Waals surface area contributed by atoms with E-state index in [0.717, 1.165) is 12.2 Å². The zero-order chi connectivity index (χ0) is 13.8. The molecule has 4 heteroatoms. The van der Waals surface area contributed by atoms with Gasteiger partial charge in [-0.2, -0.15) is 0 Å². The molecule has 0 aliphatic heterocycles. The second-order valence-electron chi connectivity index (χ2n) is 5.48. The van der Waals surface area contributed by atoms with Gasteiger partial charge in [0.05, 0.1) is 5.41 Å². The van der Waals surface area contributed by atoms with Crippen molar-refractivity contribution in [3.05, 3.63) is 29.8 Å². The van der Waals surface area contributed by atoms with Crippen molar-refractivity contribution in [1.29, 1.82) is 0 Å². The Morgan fingerprint density at radius 3 is 2.61 bits per heavy atom. The Kier molecular flexibility index (Phi) is 4.87. The van der Waals surface area contributed by atoms with Crippen molar-refractivity contribution in [3.8, 4) is 0 Å². The topological polar surface area (TPSA) is 58.4 Å². The highest BCUT2D eigenvalue weighted by Gasteiger charge is 2.25. The summed E-state index contributed by atoms with van der Waals surface area (Å²) in [4.78, 5) is 14.1. The number of rotatable bonds is 5. The highest BCUT2D eigenvalue weighted by atomic mass is 16.2. The van der Waals surface area contributed by atoms with Crippen LogP contribution in [0.2, 0.25) is 0 Å². The predicted molar refractivity (Wildman–Crippen MR) is 75.3 cm³/mol. The van der Waals surface area contributed by atoms with Crippen LogP contribution in [0.3, 0.4) is 0 Å². The number of carbonyl (C=O) groups is 1. The second-order valence-corrected chi connectivity index (χ2v) is 5.48. The molecule has 0 bridgehead atoms. The van der Waals surface area contributed by atoms with Crippen LogP contribution >= 0.6 is 0 Å². The Morgan fingerprint density at radius 2 is 2.06 bits per heavy atom. The number of hydrogen-bond donors (Lipinski definition) is 2. The molecule has 1 aromatic rings. The van der Waals surface area contributed by atoms with Crippen LogP contribution in [0.15, 0.2) is 24.3 Å². The van der Waals surface area contributed by atoms with Gasteiger partial charge in [-0.1, -0.05) is 12.1 Å². The molecule has 0 heterocycles. The standard InChI is InChI=1S/C14H23N3O/c1-14(2,10-15)13(18)16-12-7-5-6-11(8-12)9-17(3)4/h5-8H,9-10,15H2,1-4H3,(H,16,18). The molecular formula is C14H23N3O. The van der Waals surface area contributed by atoms with E-state index in [1.807, 2.05) is 52.2 Å². The number of nitrogens with zero attached hydrogens (tertiary/aromatic N) is 1. The van der Waals surface area contributed by atoms with E-state index in [4.69, 9.17) is 5.73 Å². The Hall–Kier alpha value is -1.39. The van der Waals surface area contributed by atoms with E-state index < -0.39 is 5.41 Å². The molecule has 0 aliphatic rings. The van der Waals surface area contributed by atoms with Crippen LogP contribution in [-0.4, -0.2) is 31.4 Å². The molecule has 0 radical (unpaired) electrons. The first-order valence-electron chi connectivity index (χ1n) is 6.10. The van der Waals surface area contributed by atoms with Gasteiger partial charge in [-0.3, -0.25) is 4.79 Å². The summed E-state index contributed by atoms with van der Waals surface area (Å²) in [6.07, 6.45) is 0. The van der Waals surface area contributed by atoms with E-state index in [1.165, 1.54) is 5.56 Å². The summed E-state index contributed by atoms with van der Waals surface area (Å²) in [5.41, 5.74) is 7.04. The molecule has 4 nitrogen and oxygen atoms in total. The van der Waals surface area contributed by atoms with E-state index in [-0.39, 0.29) is 5.91 Å². The Labute approximate surface area is 109 Å². The van der Waals surface area contributed by atoms with Gasteiger partial charge in [0, 0.05) is 18.8 Å².